The normalized spacial score (nSPS) is 29.8. The number of benzene rings is 1. The van der Waals surface area contributed by atoms with E-state index >= 15 is 0 Å². The largest absolute Gasteiger partial charge is 0.374 e. The van der Waals surface area contributed by atoms with Crippen LogP contribution in [0.25, 0.3) is 0 Å². The molecule has 4 atom stereocenters. The van der Waals surface area contributed by atoms with Gasteiger partial charge in [-0.2, -0.15) is 8.42 Å². The van der Waals surface area contributed by atoms with Gasteiger partial charge >= 0.3 is 0 Å². The minimum Gasteiger partial charge on any atom is -0.374 e. The van der Waals surface area contributed by atoms with Crippen LogP contribution in [0.15, 0.2) is 30.3 Å². The van der Waals surface area contributed by atoms with Gasteiger partial charge in [-0.1, -0.05) is 30.3 Å². The maximum Gasteiger partial charge on any atom is 0.264 e. The fourth-order valence-corrected chi connectivity index (χ4v) is 4.15. The lowest BCUT2D eigenvalue weighted by atomic mass is 10.0. The summed E-state index contributed by atoms with van der Waals surface area (Å²) >= 11 is 0. The molecule has 0 amide bonds. The van der Waals surface area contributed by atoms with Crippen molar-refractivity contribution in [2.45, 2.75) is 70.3 Å². The third kappa shape index (κ3) is 6.45. The second-order valence-corrected chi connectivity index (χ2v) is 9.87. The van der Waals surface area contributed by atoms with Gasteiger partial charge in [-0.15, -0.1) is 0 Å². The summed E-state index contributed by atoms with van der Waals surface area (Å²) in [5.41, 5.74) is 0.973. The second kappa shape index (κ2) is 8.58. The van der Waals surface area contributed by atoms with Gasteiger partial charge in [0.25, 0.3) is 10.1 Å². The predicted molar refractivity (Wildman–Crippen MR) is 105 cm³/mol. The van der Waals surface area contributed by atoms with Crippen molar-refractivity contribution in [1.82, 2.24) is 0 Å². The molecule has 0 unspecified atom stereocenters. The molecule has 2 aliphatic heterocycles. The molecule has 29 heavy (non-hydrogen) atoms. The molecule has 2 heterocycles. The SMILES string of the molecule is CC1(C)O[C@H]([C@H](COCc2ccccc2)OS(C)(=O)=O)[C@@H]([C@H]2COC(C)(C)O2)O1. The van der Waals surface area contributed by atoms with E-state index in [4.69, 9.17) is 27.9 Å². The molecule has 0 spiro atoms. The summed E-state index contributed by atoms with van der Waals surface area (Å²) < 4.78 is 58.5. The summed E-state index contributed by atoms with van der Waals surface area (Å²) in [4.78, 5) is 0. The molecule has 1 aromatic carbocycles. The van der Waals surface area contributed by atoms with Gasteiger partial charge in [0, 0.05) is 0 Å². The van der Waals surface area contributed by atoms with Gasteiger partial charge < -0.3 is 23.7 Å². The van der Waals surface area contributed by atoms with E-state index in [1.54, 1.807) is 13.8 Å². The van der Waals surface area contributed by atoms with Crippen LogP contribution >= 0.6 is 0 Å². The summed E-state index contributed by atoms with van der Waals surface area (Å²) in [5.74, 6) is -1.67. The molecule has 8 nitrogen and oxygen atoms in total. The molecule has 0 saturated carbocycles. The van der Waals surface area contributed by atoms with Crippen LogP contribution in [-0.2, 0) is 44.6 Å². The molecule has 3 rings (SSSR count). The van der Waals surface area contributed by atoms with Crippen LogP contribution in [0.3, 0.4) is 0 Å². The molecular formula is C20H30O8S. The highest BCUT2D eigenvalue weighted by molar-refractivity contribution is 7.86. The van der Waals surface area contributed by atoms with E-state index < -0.39 is 46.1 Å². The number of rotatable bonds is 8. The highest BCUT2D eigenvalue weighted by atomic mass is 32.2. The summed E-state index contributed by atoms with van der Waals surface area (Å²) in [5, 5.41) is 0. The molecule has 0 N–H and O–H groups in total. The zero-order chi connectivity index (χ0) is 21.3. The minimum atomic E-state index is -3.75. The Morgan fingerprint density at radius 2 is 1.76 bits per heavy atom. The molecule has 0 radical (unpaired) electrons. The van der Waals surface area contributed by atoms with Crippen molar-refractivity contribution in [3.05, 3.63) is 35.9 Å². The first-order chi connectivity index (χ1) is 13.4. The van der Waals surface area contributed by atoms with Gasteiger partial charge in [-0.3, -0.25) is 4.18 Å². The number of hydrogen-bond acceptors (Lipinski definition) is 8. The van der Waals surface area contributed by atoms with E-state index in [1.165, 1.54) is 0 Å². The Hall–Kier alpha value is -1.07. The summed E-state index contributed by atoms with van der Waals surface area (Å²) in [6, 6.07) is 9.60. The van der Waals surface area contributed by atoms with Gasteiger partial charge in [0.1, 0.15) is 24.4 Å². The Morgan fingerprint density at radius 1 is 1.07 bits per heavy atom. The third-order valence-electron chi connectivity index (χ3n) is 4.62. The maximum absolute atomic E-state index is 11.9. The maximum atomic E-state index is 11.9. The molecule has 9 heteroatoms. The smallest absolute Gasteiger partial charge is 0.264 e. The molecule has 164 valence electrons. The lowest BCUT2D eigenvalue weighted by Crippen LogP contribution is -2.47. The first-order valence-corrected chi connectivity index (χ1v) is 11.4. The first kappa shape index (κ1) is 22.6. The average molecular weight is 431 g/mol. The van der Waals surface area contributed by atoms with Crippen LogP contribution in [0.1, 0.15) is 33.3 Å². The highest BCUT2D eigenvalue weighted by Crippen LogP contribution is 2.37. The van der Waals surface area contributed by atoms with Crippen LogP contribution in [0.2, 0.25) is 0 Å². The van der Waals surface area contributed by atoms with Crippen molar-refractivity contribution in [2.24, 2.45) is 0 Å². The van der Waals surface area contributed by atoms with Crippen molar-refractivity contribution >= 4 is 10.1 Å². The molecule has 2 aliphatic rings. The van der Waals surface area contributed by atoms with Crippen LogP contribution in [0.4, 0.5) is 0 Å². The minimum absolute atomic E-state index is 0.0134. The Kier molecular flexibility index (Phi) is 6.69. The highest BCUT2D eigenvalue weighted by Gasteiger charge is 2.53. The second-order valence-electron chi connectivity index (χ2n) is 8.27. The fraction of sp³-hybridized carbons (Fsp3) is 0.700. The molecule has 1 aromatic rings. The van der Waals surface area contributed by atoms with Gasteiger partial charge in [-0.25, -0.2) is 0 Å². The Bertz CT molecular complexity index is 777. The summed E-state index contributed by atoms with van der Waals surface area (Å²) in [6.07, 6.45) is -1.59. The average Bonchev–Trinajstić information content (AvgIpc) is 3.12. The van der Waals surface area contributed by atoms with Gasteiger partial charge in [0.2, 0.25) is 0 Å². The van der Waals surface area contributed by atoms with E-state index in [2.05, 4.69) is 0 Å². The standard InChI is InChI=1S/C20H30O8S/c1-19(2)24-13-15(25-19)17-18(27-20(3,4)26-17)16(28-29(5,21)22)12-23-11-14-9-7-6-8-10-14/h6-10,15-18H,11-13H2,1-5H3/t15-,16+,17-,18-/m1/s1. The first-order valence-electron chi connectivity index (χ1n) is 9.61. The molecular weight excluding hydrogens is 400 g/mol. The van der Waals surface area contributed by atoms with Gasteiger partial charge in [-0.05, 0) is 33.3 Å². The van der Waals surface area contributed by atoms with Crippen LogP contribution in [-0.4, -0.2) is 63.9 Å². The topological polar surface area (TPSA) is 89.5 Å². The van der Waals surface area contributed by atoms with Crippen molar-refractivity contribution < 1.29 is 36.3 Å². The van der Waals surface area contributed by atoms with Gasteiger partial charge in [0.05, 0.1) is 26.1 Å². The monoisotopic (exact) mass is 430 g/mol. The van der Waals surface area contributed by atoms with E-state index in [-0.39, 0.29) is 6.61 Å². The van der Waals surface area contributed by atoms with Crippen molar-refractivity contribution in [1.29, 1.82) is 0 Å². The van der Waals surface area contributed by atoms with Crippen molar-refractivity contribution in [3.8, 4) is 0 Å². The Morgan fingerprint density at radius 3 is 2.34 bits per heavy atom. The Labute approximate surface area is 172 Å². The lowest BCUT2D eigenvalue weighted by molar-refractivity contribution is -0.175. The van der Waals surface area contributed by atoms with E-state index in [9.17, 15) is 8.42 Å². The molecule has 0 aromatic heterocycles. The van der Waals surface area contributed by atoms with E-state index in [0.717, 1.165) is 11.8 Å². The third-order valence-corrected chi connectivity index (χ3v) is 5.22. The summed E-state index contributed by atoms with van der Waals surface area (Å²) in [7, 11) is -3.75. The quantitative estimate of drug-likeness (QED) is 0.580. The lowest BCUT2D eigenvalue weighted by Gasteiger charge is -2.28. The predicted octanol–water partition coefficient (Wildman–Crippen LogP) is 2.22. The fourth-order valence-electron chi connectivity index (χ4n) is 3.54. The Balaban J connectivity index is 1.74. The molecule has 2 saturated heterocycles. The van der Waals surface area contributed by atoms with Gasteiger partial charge in [0.15, 0.2) is 11.6 Å². The zero-order valence-electron chi connectivity index (χ0n) is 17.5. The van der Waals surface area contributed by atoms with Crippen LogP contribution < -0.4 is 0 Å². The van der Waals surface area contributed by atoms with Crippen LogP contribution in [0, 0.1) is 0 Å². The molecule has 0 bridgehead atoms. The zero-order valence-corrected chi connectivity index (χ0v) is 18.3. The van der Waals surface area contributed by atoms with Crippen molar-refractivity contribution in [2.75, 3.05) is 19.5 Å². The number of ether oxygens (including phenoxy) is 5. The number of hydrogen-bond donors (Lipinski definition) is 0. The van der Waals surface area contributed by atoms with Crippen molar-refractivity contribution in [3.63, 3.8) is 0 Å². The summed E-state index contributed by atoms with van der Waals surface area (Å²) in [6.45, 7) is 7.81. The molecule has 2 fully saturated rings. The van der Waals surface area contributed by atoms with Crippen LogP contribution in [0.5, 0.6) is 0 Å². The van der Waals surface area contributed by atoms with E-state index in [1.807, 2.05) is 44.2 Å². The van der Waals surface area contributed by atoms with E-state index in [0.29, 0.717) is 13.2 Å². The molecule has 0 aliphatic carbocycles.